The second kappa shape index (κ2) is 5.10. The second-order valence-corrected chi connectivity index (χ2v) is 4.53. The standard InChI is InChI=1S/C15H15N3O/c19-15-11-17-13-5-1-2-6-14(13)18(15)9-7-12-4-3-8-16-10-12/h1-6,8,10,17H,7,9,11H2. The first-order valence-electron chi connectivity index (χ1n) is 6.37. The van der Waals surface area contributed by atoms with Crippen molar-refractivity contribution in [2.45, 2.75) is 6.42 Å². The van der Waals surface area contributed by atoms with Crippen LogP contribution in [0.15, 0.2) is 48.8 Å². The number of pyridine rings is 1. The minimum Gasteiger partial charge on any atom is -0.374 e. The van der Waals surface area contributed by atoms with E-state index in [1.165, 1.54) is 0 Å². The maximum atomic E-state index is 12.0. The summed E-state index contributed by atoms with van der Waals surface area (Å²) >= 11 is 0. The molecule has 0 fully saturated rings. The maximum absolute atomic E-state index is 12.0. The molecule has 2 heterocycles. The molecule has 1 aromatic heterocycles. The molecular formula is C15H15N3O. The van der Waals surface area contributed by atoms with Crippen molar-refractivity contribution in [1.29, 1.82) is 0 Å². The fraction of sp³-hybridized carbons (Fsp3) is 0.200. The average molecular weight is 253 g/mol. The quantitative estimate of drug-likeness (QED) is 0.911. The number of carbonyl (C=O) groups is 1. The lowest BCUT2D eigenvalue weighted by atomic mass is 10.1. The van der Waals surface area contributed by atoms with Gasteiger partial charge < -0.3 is 10.2 Å². The number of hydrogen-bond acceptors (Lipinski definition) is 3. The van der Waals surface area contributed by atoms with Gasteiger partial charge in [-0.15, -0.1) is 0 Å². The molecular weight excluding hydrogens is 238 g/mol. The molecule has 1 aliphatic rings. The minimum atomic E-state index is 0.114. The van der Waals surface area contributed by atoms with Crippen molar-refractivity contribution in [3.63, 3.8) is 0 Å². The van der Waals surface area contributed by atoms with Crippen molar-refractivity contribution in [3.05, 3.63) is 54.4 Å². The van der Waals surface area contributed by atoms with Crippen LogP contribution in [0.5, 0.6) is 0 Å². The van der Waals surface area contributed by atoms with Crippen molar-refractivity contribution in [2.24, 2.45) is 0 Å². The van der Waals surface area contributed by atoms with Gasteiger partial charge in [0, 0.05) is 18.9 Å². The van der Waals surface area contributed by atoms with Gasteiger partial charge in [-0.3, -0.25) is 9.78 Å². The van der Waals surface area contributed by atoms with E-state index in [0.29, 0.717) is 13.1 Å². The first-order valence-corrected chi connectivity index (χ1v) is 6.37. The summed E-state index contributed by atoms with van der Waals surface area (Å²) in [4.78, 5) is 18.0. The van der Waals surface area contributed by atoms with E-state index in [1.54, 1.807) is 6.20 Å². The van der Waals surface area contributed by atoms with Crippen LogP contribution in [-0.4, -0.2) is 24.0 Å². The van der Waals surface area contributed by atoms with E-state index >= 15 is 0 Å². The van der Waals surface area contributed by atoms with Crippen molar-refractivity contribution >= 4 is 17.3 Å². The summed E-state index contributed by atoms with van der Waals surface area (Å²) in [5.74, 6) is 0.114. The summed E-state index contributed by atoms with van der Waals surface area (Å²) < 4.78 is 0. The smallest absolute Gasteiger partial charge is 0.246 e. The maximum Gasteiger partial charge on any atom is 0.246 e. The Balaban J connectivity index is 1.79. The van der Waals surface area contributed by atoms with Gasteiger partial charge in [-0.25, -0.2) is 0 Å². The summed E-state index contributed by atoms with van der Waals surface area (Å²) in [5, 5.41) is 3.14. The van der Waals surface area contributed by atoms with E-state index in [9.17, 15) is 4.79 Å². The topological polar surface area (TPSA) is 45.2 Å². The van der Waals surface area contributed by atoms with E-state index in [0.717, 1.165) is 23.4 Å². The molecule has 1 aliphatic heterocycles. The lowest BCUT2D eigenvalue weighted by molar-refractivity contribution is -0.117. The molecule has 4 heteroatoms. The van der Waals surface area contributed by atoms with Gasteiger partial charge in [-0.05, 0) is 30.2 Å². The molecule has 0 aliphatic carbocycles. The largest absolute Gasteiger partial charge is 0.374 e. The third-order valence-electron chi connectivity index (χ3n) is 3.27. The van der Waals surface area contributed by atoms with Crippen LogP contribution in [0.25, 0.3) is 0 Å². The molecule has 2 aromatic rings. The number of aromatic nitrogens is 1. The molecule has 3 rings (SSSR count). The number of anilines is 2. The first kappa shape index (κ1) is 11.7. The molecule has 0 atom stereocenters. The third-order valence-corrected chi connectivity index (χ3v) is 3.27. The molecule has 19 heavy (non-hydrogen) atoms. The van der Waals surface area contributed by atoms with Crippen LogP contribution in [0, 0.1) is 0 Å². The van der Waals surface area contributed by atoms with Crippen LogP contribution in [0.1, 0.15) is 5.56 Å². The summed E-state index contributed by atoms with van der Waals surface area (Å²) in [6, 6.07) is 11.9. The zero-order valence-corrected chi connectivity index (χ0v) is 10.5. The van der Waals surface area contributed by atoms with Crippen LogP contribution < -0.4 is 10.2 Å². The van der Waals surface area contributed by atoms with Gasteiger partial charge in [-0.1, -0.05) is 18.2 Å². The Bertz CT molecular complexity index is 583. The highest BCUT2D eigenvalue weighted by molar-refractivity contribution is 6.02. The Morgan fingerprint density at radius 1 is 1.21 bits per heavy atom. The van der Waals surface area contributed by atoms with Crippen molar-refractivity contribution in [1.82, 2.24) is 4.98 Å². The summed E-state index contributed by atoms with van der Waals surface area (Å²) in [7, 11) is 0. The molecule has 1 amide bonds. The van der Waals surface area contributed by atoms with E-state index in [1.807, 2.05) is 47.5 Å². The number of carbonyl (C=O) groups excluding carboxylic acids is 1. The second-order valence-electron chi connectivity index (χ2n) is 4.53. The Labute approximate surface area is 112 Å². The Morgan fingerprint density at radius 2 is 2.11 bits per heavy atom. The third kappa shape index (κ3) is 2.42. The highest BCUT2D eigenvalue weighted by atomic mass is 16.2. The highest BCUT2D eigenvalue weighted by Crippen LogP contribution is 2.28. The summed E-state index contributed by atoms with van der Waals surface area (Å²) in [6.45, 7) is 1.05. The van der Waals surface area contributed by atoms with Crippen LogP contribution >= 0.6 is 0 Å². The van der Waals surface area contributed by atoms with Gasteiger partial charge in [0.05, 0.1) is 17.9 Å². The molecule has 1 aromatic carbocycles. The Morgan fingerprint density at radius 3 is 2.95 bits per heavy atom. The number of amides is 1. The van der Waals surface area contributed by atoms with E-state index in [4.69, 9.17) is 0 Å². The van der Waals surface area contributed by atoms with Crippen LogP contribution in [-0.2, 0) is 11.2 Å². The average Bonchev–Trinajstić information content (AvgIpc) is 2.47. The molecule has 0 bridgehead atoms. The van der Waals surface area contributed by atoms with Crippen LogP contribution in [0.2, 0.25) is 0 Å². The first-order chi connectivity index (χ1) is 9.34. The monoisotopic (exact) mass is 253 g/mol. The predicted molar refractivity (Wildman–Crippen MR) is 75.2 cm³/mol. The molecule has 4 nitrogen and oxygen atoms in total. The van der Waals surface area contributed by atoms with Crippen LogP contribution in [0.3, 0.4) is 0 Å². The SMILES string of the molecule is O=C1CNc2ccccc2N1CCc1cccnc1. The van der Waals surface area contributed by atoms with Crippen molar-refractivity contribution in [3.8, 4) is 0 Å². The minimum absolute atomic E-state index is 0.114. The lowest BCUT2D eigenvalue weighted by Gasteiger charge is -2.30. The van der Waals surface area contributed by atoms with Crippen molar-refractivity contribution < 1.29 is 4.79 Å². The Hall–Kier alpha value is -2.36. The number of rotatable bonds is 3. The molecule has 0 radical (unpaired) electrons. The summed E-state index contributed by atoms with van der Waals surface area (Å²) in [6.07, 6.45) is 4.42. The van der Waals surface area contributed by atoms with Crippen LogP contribution in [0.4, 0.5) is 11.4 Å². The van der Waals surface area contributed by atoms with E-state index in [-0.39, 0.29) is 5.91 Å². The van der Waals surface area contributed by atoms with Gasteiger partial charge in [0.1, 0.15) is 0 Å². The fourth-order valence-electron chi connectivity index (χ4n) is 2.29. The van der Waals surface area contributed by atoms with Gasteiger partial charge in [0.15, 0.2) is 0 Å². The van der Waals surface area contributed by atoms with Crippen molar-refractivity contribution in [2.75, 3.05) is 23.3 Å². The molecule has 0 saturated heterocycles. The molecule has 0 saturated carbocycles. The Kier molecular flexibility index (Phi) is 3.14. The lowest BCUT2D eigenvalue weighted by Crippen LogP contribution is -2.41. The van der Waals surface area contributed by atoms with E-state index < -0.39 is 0 Å². The zero-order valence-electron chi connectivity index (χ0n) is 10.5. The van der Waals surface area contributed by atoms with E-state index in [2.05, 4.69) is 10.3 Å². The van der Waals surface area contributed by atoms with Gasteiger partial charge in [0.2, 0.25) is 5.91 Å². The number of para-hydroxylation sites is 2. The molecule has 0 spiro atoms. The zero-order chi connectivity index (χ0) is 13.1. The number of hydrogen-bond donors (Lipinski definition) is 1. The molecule has 0 unspecified atom stereocenters. The number of nitrogens with one attached hydrogen (secondary N) is 1. The fourth-order valence-corrected chi connectivity index (χ4v) is 2.29. The number of benzene rings is 1. The number of nitrogens with zero attached hydrogens (tertiary/aromatic N) is 2. The highest BCUT2D eigenvalue weighted by Gasteiger charge is 2.22. The predicted octanol–water partition coefficient (Wildman–Crippen LogP) is 2.08. The summed E-state index contributed by atoms with van der Waals surface area (Å²) in [5.41, 5.74) is 3.13. The number of fused-ring (bicyclic) bond motifs is 1. The van der Waals surface area contributed by atoms with Gasteiger partial charge in [0.25, 0.3) is 0 Å². The normalized spacial score (nSPS) is 13.9. The molecule has 96 valence electrons. The van der Waals surface area contributed by atoms with Gasteiger partial charge in [-0.2, -0.15) is 0 Å². The molecule has 1 N–H and O–H groups in total. The van der Waals surface area contributed by atoms with Gasteiger partial charge >= 0.3 is 0 Å².